The predicted molar refractivity (Wildman–Crippen MR) is 142 cm³/mol. The summed E-state index contributed by atoms with van der Waals surface area (Å²) in [6.45, 7) is 8.43. The average Bonchev–Trinajstić information content (AvgIpc) is 3.18. The van der Waals surface area contributed by atoms with Crippen molar-refractivity contribution in [2.45, 2.75) is 40.2 Å². The molecule has 1 atom stereocenters. The van der Waals surface area contributed by atoms with E-state index in [0.717, 1.165) is 6.42 Å². The fraction of sp³-hybridized carbons (Fsp3) is 0.321. The summed E-state index contributed by atoms with van der Waals surface area (Å²) in [6.07, 6.45) is 2.54. The molecule has 0 bridgehead atoms. The number of hydrogen-bond donors (Lipinski definition) is 1. The smallest absolute Gasteiger partial charge is 0.338 e. The van der Waals surface area contributed by atoms with E-state index in [2.05, 4.69) is 4.99 Å². The average molecular weight is 523 g/mol. The summed E-state index contributed by atoms with van der Waals surface area (Å²) >= 11 is 1.23. The minimum atomic E-state index is -0.760. The van der Waals surface area contributed by atoms with Gasteiger partial charge in [-0.15, -0.1) is 0 Å². The highest BCUT2D eigenvalue weighted by Crippen LogP contribution is 2.36. The van der Waals surface area contributed by atoms with Crippen LogP contribution in [0.5, 0.6) is 17.2 Å². The normalized spacial score (nSPS) is 15.2. The summed E-state index contributed by atoms with van der Waals surface area (Å²) < 4.78 is 18.8. The molecule has 1 aliphatic heterocycles. The molecule has 1 unspecified atom stereocenters. The van der Waals surface area contributed by atoms with Gasteiger partial charge in [0.1, 0.15) is 11.8 Å². The van der Waals surface area contributed by atoms with Crippen LogP contribution in [0.4, 0.5) is 0 Å². The number of carbonyl (C=O) groups excluding carboxylic acids is 1. The maximum Gasteiger partial charge on any atom is 0.338 e. The minimum Gasteiger partial charge on any atom is -0.504 e. The van der Waals surface area contributed by atoms with Crippen LogP contribution in [0, 0.1) is 0 Å². The van der Waals surface area contributed by atoms with Gasteiger partial charge in [0.05, 0.1) is 35.6 Å². The van der Waals surface area contributed by atoms with E-state index in [0.29, 0.717) is 56.4 Å². The van der Waals surface area contributed by atoms with E-state index in [-0.39, 0.29) is 17.9 Å². The number of thiazole rings is 1. The number of phenolic OH excluding ortho intramolecular Hbond substituents is 1. The van der Waals surface area contributed by atoms with Gasteiger partial charge in [-0.2, -0.15) is 0 Å². The zero-order valence-electron chi connectivity index (χ0n) is 21.3. The number of hydrogen-bond acceptors (Lipinski definition) is 8. The molecule has 0 saturated carbocycles. The summed E-state index contributed by atoms with van der Waals surface area (Å²) in [6, 6.07) is 11.6. The standard InChI is InChI=1S/C28H30N2O6S/c1-5-14-36-21-11-9-8-10-19(21)25-24(27(33)35-7-3)17(4)29-28-30(25)26(32)23(37-28)16-18-12-13-20(31)22(15-18)34-6-2/h8-13,15-16,25,31H,5-7,14H2,1-4H3. The van der Waals surface area contributed by atoms with Crippen LogP contribution in [0.2, 0.25) is 0 Å². The number of allylic oxidation sites excluding steroid dienone is 1. The van der Waals surface area contributed by atoms with E-state index in [9.17, 15) is 14.7 Å². The molecule has 1 N–H and O–H groups in total. The molecular weight excluding hydrogens is 492 g/mol. The van der Waals surface area contributed by atoms with E-state index in [1.54, 1.807) is 32.1 Å². The van der Waals surface area contributed by atoms with E-state index < -0.39 is 12.0 Å². The lowest BCUT2D eigenvalue weighted by Gasteiger charge is -2.26. The number of aromatic nitrogens is 1. The molecule has 0 radical (unpaired) electrons. The number of esters is 1. The molecule has 0 fully saturated rings. The Bertz CT molecular complexity index is 1520. The molecule has 2 heterocycles. The van der Waals surface area contributed by atoms with Gasteiger partial charge in [-0.1, -0.05) is 42.5 Å². The van der Waals surface area contributed by atoms with Gasteiger partial charge in [0, 0.05) is 5.56 Å². The maximum absolute atomic E-state index is 13.8. The first-order valence-corrected chi connectivity index (χ1v) is 13.1. The van der Waals surface area contributed by atoms with Crippen LogP contribution in [0.3, 0.4) is 0 Å². The molecule has 4 rings (SSSR count). The minimum absolute atomic E-state index is 0.0267. The number of rotatable bonds is 9. The molecular formula is C28H30N2O6S. The molecule has 0 amide bonds. The molecule has 1 aliphatic rings. The zero-order valence-corrected chi connectivity index (χ0v) is 22.1. The number of para-hydroxylation sites is 1. The Morgan fingerprint density at radius 2 is 1.89 bits per heavy atom. The molecule has 194 valence electrons. The van der Waals surface area contributed by atoms with Crippen LogP contribution < -0.4 is 24.4 Å². The quantitative estimate of drug-likeness (QED) is 0.431. The first-order valence-electron chi connectivity index (χ1n) is 12.3. The lowest BCUT2D eigenvalue weighted by Crippen LogP contribution is -2.40. The van der Waals surface area contributed by atoms with Crippen LogP contribution in [0.15, 0.2) is 63.5 Å². The summed E-state index contributed by atoms with van der Waals surface area (Å²) in [5.74, 6) is 0.441. The Kier molecular flexibility index (Phi) is 8.13. The molecule has 8 nitrogen and oxygen atoms in total. The SMILES string of the molecule is CCCOc1ccccc1C1C(C(=O)OCC)=C(C)N=c2sc(=Cc3ccc(O)c(OCC)c3)c(=O)n21. The molecule has 0 spiro atoms. The fourth-order valence-electron chi connectivity index (χ4n) is 4.18. The van der Waals surface area contributed by atoms with Crippen molar-refractivity contribution in [3.05, 3.63) is 84.5 Å². The number of carbonyl (C=O) groups is 1. The van der Waals surface area contributed by atoms with Crippen molar-refractivity contribution in [1.82, 2.24) is 4.57 Å². The second kappa shape index (κ2) is 11.5. The van der Waals surface area contributed by atoms with Crippen molar-refractivity contribution in [3.8, 4) is 17.2 Å². The summed E-state index contributed by atoms with van der Waals surface area (Å²) in [7, 11) is 0. The Balaban J connectivity index is 1.93. The Morgan fingerprint density at radius 3 is 2.62 bits per heavy atom. The molecule has 0 saturated heterocycles. The summed E-state index contributed by atoms with van der Waals surface area (Å²) in [5.41, 5.74) is 1.88. The maximum atomic E-state index is 13.8. The van der Waals surface area contributed by atoms with E-state index in [1.165, 1.54) is 22.0 Å². The molecule has 37 heavy (non-hydrogen) atoms. The number of phenols is 1. The highest BCUT2D eigenvalue weighted by molar-refractivity contribution is 7.07. The lowest BCUT2D eigenvalue weighted by atomic mass is 9.95. The number of fused-ring (bicyclic) bond motifs is 1. The van der Waals surface area contributed by atoms with Gasteiger partial charge in [-0.3, -0.25) is 9.36 Å². The Labute approximate surface area is 218 Å². The molecule has 2 aromatic carbocycles. The van der Waals surface area contributed by atoms with Crippen LogP contribution in [0.25, 0.3) is 6.08 Å². The monoisotopic (exact) mass is 522 g/mol. The predicted octanol–water partition coefficient (Wildman–Crippen LogP) is 3.69. The highest BCUT2D eigenvalue weighted by Gasteiger charge is 2.35. The second-order valence-electron chi connectivity index (χ2n) is 8.35. The van der Waals surface area contributed by atoms with Crippen molar-refractivity contribution < 1.29 is 24.1 Å². The van der Waals surface area contributed by atoms with Gasteiger partial charge in [-0.05, 0) is 57.0 Å². The molecule has 0 aliphatic carbocycles. The van der Waals surface area contributed by atoms with E-state index >= 15 is 0 Å². The third-order valence-corrected chi connectivity index (χ3v) is 6.76. The van der Waals surface area contributed by atoms with Gasteiger partial charge < -0.3 is 19.3 Å². The van der Waals surface area contributed by atoms with Crippen molar-refractivity contribution >= 4 is 23.4 Å². The highest BCUT2D eigenvalue weighted by atomic mass is 32.1. The summed E-state index contributed by atoms with van der Waals surface area (Å²) in [5, 5.41) is 10.0. The third-order valence-electron chi connectivity index (χ3n) is 5.77. The Morgan fingerprint density at radius 1 is 1.11 bits per heavy atom. The molecule has 1 aromatic heterocycles. The Hall–Kier alpha value is -3.85. The topological polar surface area (TPSA) is 99.4 Å². The number of benzene rings is 2. The van der Waals surface area contributed by atoms with E-state index in [1.807, 2.05) is 38.1 Å². The first-order chi connectivity index (χ1) is 17.9. The van der Waals surface area contributed by atoms with Crippen LogP contribution >= 0.6 is 11.3 Å². The lowest BCUT2D eigenvalue weighted by molar-refractivity contribution is -0.139. The van der Waals surface area contributed by atoms with Gasteiger partial charge in [0.15, 0.2) is 16.3 Å². The number of nitrogens with zero attached hydrogens (tertiary/aromatic N) is 2. The van der Waals surface area contributed by atoms with E-state index in [4.69, 9.17) is 14.2 Å². The van der Waals surface area contributed by atoms with Crippen LogP contribution in [0.1, 0.15) is 51.3 Å². The van der Waals surface area contributed by atoms with Crippen molar-refractivity contribution in [3.63, 3.8) is 0 Å². The second-order valence-corrected chi connectivity index (χ2v) is 9.36. The summed E-state index contributed by atoms with van der Waals surface area (Å²) in [4.78, 5) is 32.0. The number of aromatic hydroxyl groups is 1. The molecule has 3 aromatic rings. The first kappa shape index (κ1) is 26.2. The molecule has 9 heteroatoms. The van der Waals surface area contributed by atoms with Crippen molar-refractivity contribution in [1.29, 1.82) is 0 Å². The van der Waals surface area contributed by atoms with Gasteiger partial charge in [0.25, 0.3) is 5.56 Å². The van der Waals surface area contributed by atoms with Crippen molar-refractivity contribution in [2.24, 2.45) is 4.99 Å². The van der Waals surface area contributed by atoms with Gasteiger partial charge in [0.2, 0.25) is 0 Å². The van der Waals surface area contributed by atoms with Crippen molar-refractivity contribution in [2.75, 3.05) is 19.8 Å². The number of ether oxygens (including phenoxy) is 3. The van der Waals surface area contributed by atoms with Gasteiger partial charge >= 0.3 is 5.97 Å². The van der Waals surface area contributed by atoms with Gasteiger partial charge in [-0.25, -0.2) is 9.79 Å². The third kappa shape index (κ3) is 5.32. The fourth-order valence-corrected chi connectivity index (χ4v) is 5.23. The zero-order chi connectivity index (χ0) is 26.5. The van der Waals surface area contributed by atoms with Crippen LogP contribution in [-0.2, 0) is 9.53 Å². The largest absolute Gasteiger partial charge is 0.504 e. The van der Waals surface area contributed by atoms with Crippen LogP contribution in [-0.4, -0.2) is 35.5 Å².